The maximum atomic E-state index is 3.33. The Morgan fingerprint density at radius 3 is 1.50 bits per heavy atom. The molecule has 4 heteroatoms. The standard InChI is InChI=1S/C18H34NSi2.K/c1-7-20(8-2,9-3)19(18-16-14-13-15-17-18)21(10-4,11-5)12-6;/h13-14,16-17H,7-12H2,1-6H3;/q-1;+1. The molecule has 1 rings (SSSR count). The van der Waals surface area contributed by atoms with Crippen LogP contribution in [-0.2, 0) is 0 Å². The average Bonchev–Trinajstić information content (AvgIpc) is 2.57. The van der Waals surface area contributed by atoms with E-state index in [1.165, 1.54) is 42.0 Å². The van der Waals surface area contributed by atoms with Gasteiger partial charge < -0.3 is 4.23 Å². The van der Waals surface area contributed by atoms with E-state index in [2.05, 4.69) is 70.0 Å². The minimum atomic E-state index is -1.41. The predicted octanol–water partition coefficient (Wildman–Crippen LogP) is 3.31. The molecule has 0 fully saturated rings. The molecular weight excluding hydrogens is 325 g/mol. The molecule has 0 aromatic heterocycles. The quantitative estimate of drug-likeness (QED) is 0.483. The van der Waals surface area contributed by atoms with Crippen LogP contribution in [0.5, 0.6) is 0 Å². The molecule has 0 aliphatic rings. The molecule has 1 aromatic rings. The Balaban J connectivity index is 0.00000441. The first kappa shape index (κ1) is 23.1. The summed E-state index contributed by atoms with van der Waals surface area (Å²) in [7, 11) is -2.82. The number of hydrogen-bond donors (Lipinski definition) is 0. The zero-order valence-corrected chi connectivity index (χ0v) is 21.1. The van der Waals surface area contributed by atoms with Gasteiger partial charge in [0.05, 0.1) is 0 Å². The van der Waals surface area contributed by atoms with Crippen molar-refractivity contribution in [3.8, 4) is 0 Å². The van der Waals surface area contributed by atoms with Gasteiger partial charge in [0.25, 0.3) is 0 Å². The molecule has 0 saturated carbocycles. The summed E-state index contributed by atoms with van der Waals surface area (Å²) in [6, 6.07) is 20.3. The second-order valence-electron chi connectivity index (χ2n) is 6.17. The Labute approximate surface area is 183 Å². The SMILES string of the molecule is CC[Si](CC)(CC)N(c1c[c-]ccc1)[Si](CC)(CC)CC.[K+]. The fourth-order valence-corrected chi connectivity index (χ4v) is 17.2. The van der Waals surface area contributed by atoms with Crippen LogP contribution < -0.4 is 55.6 Å². The molecule has 0 amide bonds. The minimum absolute atomic E-state index is 0. The van der Waals surface area contributed by atoms with E-state index in [-0.39, 0.29) is 51.4 Å². The first-order valence-corrected chi connectivity index (χ1v) is 14.0. The van der Waals surface area contributed by atoms with Gasteiger partial charge in [-0.3, -0.25) is 0 Å². The van der Waals surface area contributed by atoms with E-state index in [4.69, 9.17) is 0 Å². The van der Waals surface area contributed by atoms with E-state index in [0.717, 1.165) is 0 Å². The molecule has 0 radical (unpaired) electrons. The zero-order chi connectivity index (χ0) is 15.9. The van der Waals surface area contributed by atoms with E-state index in [1.54, 1.807) is 0 Å². The van der Waals surface area contributed by atoms with Gasteiger partial charge in [-0.1, -0.05) is 47.2 Å². The number of rotatable bonds is 9. The molecule has 1 aromatic carbocycles. The summed E-state index contributed by atoms with van der Waals surface area (Å²) < 4.78 is 3.04. The van der Waals surface area contributed by atoms with Crippen LogP contribution >= 0.6 is 0 Å². The molecule has 22 heavy (non-hydrogen) atoms. The molecule has 0 atom stereocenters. The fraction of sp³-hybridized carbons (Fsp3) is 0.667. The van der Waals surface area contributed by atoms with Crippen molar-refractivity contribution in [3.63, 3.8) is 0 Å². The molecule has 0 heterocycles. The monoisotopic (exact) mass is 359 g/mol. The molecular formula is C18H34KNSi2. The molecule has 0 aliphatic heterocycles. The summed E-state index contributed by atoms with van der Waals surface area (Å²) >= 11 is 0. The summed E-state index contributed by atoms with van der Waals surface area (Å²) in [5.74, 6) is 0. The minimum Gasteiger partial charge on any atom is -0.479 e. The number of anilines is 1. The van der Waals surface area contributed by atoms with Gasteiger partial charge >= 0.3 is 51.4 Å². The van der Waals surface area contributed by atoms with E-state index < -0.39 is 16.5 Å². The number of nitrogens with zero attached hydrogens (tertiary/aromatic N) is 1. The third-order valence-electron chi connectivity index (χ3n) is 5.85. The molecule has 120 valence electrons. The normalized spacial score (nSPS) is 11.9. The first-order chi connectivity index (χ1) is 10.1. The third kappa shape index (κ3) is 4.58. The Morgan fingerprint density at radius 1 is 0.818 bits per heavy atom. The van der Waals surface area contributed by atoms with Crippen molar-refractivity contribution in [1.29, 1.82) is 0 Å². The van der Waals surface area contributed by atoms with Crippen molar-refractivity contribution in [3.05, 3.63) is 30.3 Å². The van der Waals surface area contributed by atoms with Crippen LogP contribution in [0.4, 0.5) is 5.69 Å². The number of benzene rings is 1. The van der Waals surface area contributed by atoms with Gasteiger partial charge in [0, 0.05) is 0 Å². The summed E-state index contributed by atoms with van der Waals surface area (Å²) in [5.41, 5.74) is 1.46. The van der Waals surface area contributed by atoms with Gasteiger partial charge in [-0.15, -0.1) is 0 Å². The van der Waals surface area contributed by atoms with E-state index >= 15 is 0 Å². The van der Waals surface area contributed by atoms with Crippen LogP contribution in [0.15, 0.2) is 24.3 Å². The second-order valence-corrected chi connectivity index (χ2v) is 16.6. The Hall–Kier alpha value is 1.09. The summed E-state index contributed by atoms with van der Waals surface area (Å²) in [5, 5.41) is 0. The Morgan fingerprint density at radius 2 is 1.23 bits per heavy atom. The van der Waals surface area contributed by atoms with Crippen LogP contribution in [-0.4, -0.2) is 16.5 Å². The number of hydrogen-bond acceptors (Lipinski definition) is 1. The molecule has 0 saturated heterocycles. The van der Waals surface area contributed by atoms with E-state index in [9.17, 15) is 0 Å². The maximum Gasteiger partial charge on any atom is 1.00 e. The maximum absolute atomic E-state index is 3.33. The molecule has 0 bridgehead atoms. The largest absolute Gasteiger partial charge is 1.00 e. The summed E-state index contributed by atoms with van der Waals surface area (Å²) in [4.78, 5) is 0. The van der Waals surface area contributed by atoms with Crippen LogP contribution in [0, 0.1) is 6.07 Å². The van der Waals surface area contributed by atoms with E-state index in [1.807, 2.05) is 6.07 Å². The Kier molecular flexibility index (Phi) is 11.4. The van der Waals surface area contributed by atoms with E-state index in [0.29, 0.717) is 0 Å². The Bertz CT molecular complexity index is 366. The first-order valence-electron chi connectivity index (χ1n) is 8.86. The van der Waals surface area contributed by atoms with Crippen molar-refractivity contribution >= 4 is 22.2 Å². The van der Waals surface area contributed by atoms with Crippen LogP contribution in [0.2, 0.25) is 36.3 Å². The van der Waals surface area contributed by atoms with Crippen LogP contribution in [0.1, 0.15) is 41.5 Å². The van der Waals surface area contributed by atoms with Crippen molar-refractivity contribution in [2.24, 2.45) is 0 Å². The van der Waals surface area contributed by atoms with Gasteiger partial charge in [0.1, 0.15) is 16.5 Å². The molecule has 0 unspecified atom stereocenters. The van der Waals surface area contributed by atoms with Gasteiger partial charge in [0.2, 0.25) is 0 Å². The van der Waals surface area contributed by atoms with Gasteiger partial charge in [-0.05, 0) is 36.3 Å². The smallest absolute Gasteiger partial charge is 0.479 e. The topological polar surface area (TPSA) is 3.24 Å². The molecule has 0 aliphatic carbocycles. The zero-order valence-electron chi connectivity index (χ0n) is 16.0. The second kappa shape index (κ2) is 10.9. The van der Waals surface area contributed by atoms with Gasteiger partial charge in [0.15, 0.2) is 0 Å². The van der Waals surface area contributed by atoms with Crippen molar-refractivity contribution in [2.75, 3.05) is 4.23 Å². The molecule has 1 nitrogen and oxygen atoms in total. The average molecular weight is 360 g/mol. The van der Waals surface area contributed by atoms with Gasteiger partial charge in [-0.2, -0.15) is 30.3 Å². The van der Waals surface area contributed by atoms with Crippen LogP contribution in [0.3, 0.4) is 0 Å². The van der Waals surface area contributed by atoms with Crippen molar-refractivity contribution < 1.29 is 51.4 Å². The van der Waals surface area contributed by atoms with Gasteiger partial charge in [-0.25, -0.2) is 0 Å². The van der Waals surface area contributed by atoms with Crippen molar-refractivity contribution in [1.82, 2.24) is 0 Å². The summed E-state index contributed by atoms with van der Waals surface area (Å²) in [6.07, 6.45) is 0. The van der Waals surface area contributed by atoms with Crippen molar-refractivity contribution in [2.45, 2.75) is 77.8 Å². The molecule has 0 spiro atoms. The fourth-order valence-electron chi connectivity index (χ4n) is 4.02. The predicted molar refractivity (Wildman–Crippen MR) is 102 cm³/mol. The third-order valence-corrected chi connectivity index (χ3v) is 19.0. The van der Waals surface area contributed by atoms with Crippen LogP contribution in [0.25, 0.3) is 0 Å². The molecule has 0 N–H and O–H groups in total. The summed E-state index contributed by atoms with van der Waals surface area (Å²) in [6.45, 7) is 14.6.